The molecule has 2 N–H and O–H groups in total. The second-order valence-electron chi connectivity index (χ2n) is 8.89. The summed E-state index contributed by atoms with van der Waals surface area (Å²) in [5, 5.41) is 13.8. The Morgan fingerprint density at radius 3 is 2.86 bits per heavy atom. The van der Waals surface area contributed by atoms with Crippen LogP contribution in [0.1, 0.15) is 59.3 Å². The van der Waals surface area contributed by atoms with Gasteiger partial charge in [-0.2, -0.15) is 0 Å². The van der Waals surface area contributed by atoms with E-state index in [0.29, 0.717) is 30.1 Å². The van der Waals surface area contributed by atoms with Gasteiger partial charge in [-0.15, -0.1) is 0 Å². The molecule has 3 fully saturated rings. The van der Waals surface area contributed by atoms with Gasteiger partial charge in [0.1, 0.15) is 0 Å². The van der Waals surface area contributed by atoms with Crippen LogP contribution in [0.2, 0.25) is 0 Å². The molecule has 0 aromatic rings. The lowest BCUT2D eigenvalue weighted by molar-refractivity contribution is -0.125. The molecule has 0 bridgehead atoms. The lowest BCUT2D eigenvalue weighted by Crippen LogP contribution is -2.54. The number of amides is 1. The number of allylic oxidation sites excluding steroid dienone is 2. The molecule has 3 aliphatic carbocycles. The maximum atomic E-state index is 11.8. The van der Waals surface area contributed by atoms with Crippen LogP contribution in [0.3, 0.4) is 0 Å². The maximum absolute atomic E-state index is 11.8. The van der Waals surface area contributed by atoms with Crippen LogP contribution < -0.4 is 5.32 Å². The Morgan fingerprint density at radius 2 is 2.09 bits per heavy atom. The van der Waals surface area contributed by atoms with Crippen LogP contribution in [0.5, 0.6) is 0 Å². The third-order valence-corrected chi connectivity index (χ3v) is 7.88. The summed E-state index contributed by atoms with van der Waals surface area (Å²) in [4.78, 5) is 11.8. The molecule has 7 atom stereocenters. The third-order valence-electron chi connectivity index (χ3n) is 7.88. The van der Waals surface area contributed by atoms with Gasteiger partial charge in [0.15, 0.2) is 0 Å². The average molecular weight is 303 g/mol. The summed E-state index contributed by atoms with van der Waals surface area (Å²) in [5.41, 5.74) is 1.45. The molecule has 3 heteroatoms. The zero-order valence-corrected chi connectivity index (χ0v) is 14.1. The Bertz CT molecular complexity index is 542. The van der Waals surface area contributed by atoms with Gasteiger partial charge in [0.2, 0.25) is 5.91 Å². The molecule has 0 spiro atoms. The summed E-state index contributed by atoms with van der Waals surface area (Å²) >= 11 is 0. The zero-order valence-electron chi connectivity index (χ0n) is 14.1. The van der Waals surface area contributed by atoms with Crippen molar-refractivity contribution in [3.05, 3.63) is 11.8 Å². The summed E-state index contributed by atoms with van der Waals surface area (Å²) < 4.78 is 0. The minimum absolute atomic E-state index is 0.111. The molecule has 0 aromatic heterocycles. The molecule has 1 heterocycles. The molecule has 0 aromatic carbocycles. The summed E-state index contributed by atoms with van der Waals surface area (Å²) in [6.45, 7) is 7.03. The summed E-state index contributed by atoms with van der Waals surface area (Å²) in [5.74, 6) is 2.78. The fourth-order valence-electron chi connectivity index (χ4n) is 6.70. The number of hydrogen-bond acceptors (Lipinski definition) is 2. The van der Waals surface area contributed by atoms with Crippen molar-refractivity contribution < 1.29 is 9.90 Å². The molecule has 1 saturated heterocycles. The van der Waals surface area contributed by atoms with E-state index in [9.17, 15) is 9.90 Å². The summed E-state index contributed by atoms with van der Waals surface area (Å²) in [6, 6.07) is 0. The van der Waals surface area contributed by atoms with Gasteiger partial charge >= 0.3 is 0 Å². The van der Waals surface area contributed by atoms with Crippen molar-refractivity contribution in [2.45, 2.75) is 65.4 Å². The van der Waals surface area contributed by atoms with Crippen molar-refractivity contribution in [3.8, 4) is 0 Å². The van der Waals surface area contributed by atoms with Gasteiger partial charge in [-0.3, -0.25) is 4.79 Å². The van der Waals surface area contributed by atoms with Gasteiger partial charge in [-0.25, -0.2) is 0 Å². The number of hydrogen-bond donors (Lipinski definition) is 2. The topological polar surface area (TPSA) is 49.3 Å². The molecule has 1 aliphatic heterocycles. The molecule has 2 saturated carbocycles. The maximum Gasteiger partial charge on any atom is 0.224 e. The van der Waals surface area contributed by atoms with Crippen molar-refractivity contribution >= 4 is 5.91 Å². The van der Waals surface area contributed by atoms with Crippen LogP contribution in [0.25, 0.3) is 0 Å². The van der Waals surface area contributed by atoms with E-state index in [-0.39, 0.29) is 22.8 Å². The van der Waals surface area contributed by atoms with Crippen LogP contribution in [0.15, 0.2) is 11.8 Å². The first kappa shape index (κ1) is 14.7. The molecule has 3 unspecified atom stereocenters. The molecule has 3 nitrogen and oxygen atoms in total. The minimum atomic E-state index is -0.127. The SMILES string of the molecule is C[C@@H]1C[C@H](O)[C@@]2(C)CCC3C(CC=C4NC(=O)CC[C@@]43C)C12. The molecule has 4 aliphatic rings. The first-order chi connectivity index (χ1) is 10.4. The van der Waals surface area contributed by atoms with Gasteiger partial charge in [-0.1, -0.05) is 26.8 Å². The highest BCUT2D eigenvalue weighted by atomic mass is 16.3. The standard InChI is InChI=1S/C19H29NO2/c1-11-10-15(21)19(3)8-6-13-12(17(11)19)4-5-14-18(13,2)9-7-16(22)20-14/h5,11-13,15,17,21H,4,6-10H2,1-3H3,(H,20,22)/t11-,12?,13?,15+,17?,18-,19-/m1/s1. The van der Waals surface area contributed by atoms with E-state index >= 15 is 0 Å². The minimum Gasteiger partial charge on any atom is -0.393 e. The van der Waals surface area contributed by atoms with Gasteiger partial charge < -0.3 is 10.4 Å². The van der Waals surface area contributed by atoms with Crippen molar-refractivity contribution in [2.75, 3.05) is 0 Å². The quantitative estimate of drug-likeness (QED) is 0.722. The van der Waals surface area contributed by atoms with E-state index in [1.165, 1.54) is 12.1 Å². The smallest absolute Gasteiger partial charge is 0.224 e. The van der Waals surface area contributed by atoms with Gasteiger partial charge in [0.25, 0.3) is 0 Å². The molecule has 122 valence electrons. The number of carbonyl (C=O) groups is 1. The number of rotatable bonds is 0. The summed E-state index contributed by atoms with van der Waals surface area (Å²) in [6.07, 6.45) is 8.22. The van der Waals surface area contributed by atoms with Gasteiger partial charge in [-0.05, 0) is 61.2 Å². The summed E-state index contributed by atoms with van der Waals surface area (Å²) in [7, 11) is 0. The van der Waals surface area contributed by atoms with Crippen molar-refractivity contribution in [1.82, 2.24) is 5.32 Å². The number of carbonyl (C=O) groups excluding carboxylic acids is 1. The predicted octanol–water partition coefficient (Wildman–Crippen LogP) is 3.24. The molecule has 4 rings (SSSR count). The monoisotopic (exact) mass is 303 g/mol. The highest BCUT2D eigenvalue weighted by Gasteiger charge is 2.60. The Morgan fingerprint density at radius 1 is 1.32 bits per heavy atom. The molecule has 0 radical (unpaired) electrons. The number of fused-ring (bicyclic) bond motifs is 5. The third kappa shape index (κ3) is 1.75. The van der Waals surface area contributed by atoms with E-state index in [0.717, 1.165) is 25.7 Å². The lowest BCUT2D eigenvalue weighted by Gasteiger charge is -2.57. The van der Waals surface area contributed by atoms with Gasteiger partial charge in [0.05, 0.1) is 6.10 Å². The molecular weight excluding hydrogens is 274 g/mol. The van der Waals surface area contributed by atoms with E-state index in [4.69, 9.17) is 0 Å². The fourth-order valence-corrected chi connectivity index (χ4v) is 6.70. The second kappa shape index (κ2) is 4.59. The Kier molecular flexibility index (Phi) is 3.08. The lowest BCUT2D eigenvalue weighted by atomic mass is 9.49. The normalized spacial score (nSPS) is 53.9. The van der Waals surface area contributed by atoms with Gasteiger partial charge in [0, 0.05) is 17.5 Å². The first-order valence-electron chi connectivity index (χ1n) is 9.05. The Hall–Kier alpha value is -0.830. The number of aliphatic hydroxyl groups excluding tert-OH is 1. The highest BCUT2D eigenvalue weighted by molar-refractivity contribution is 5.79. The van der Waals surface area contributed by atoms with Crippen LogP contribution >= 0.6 is 0 Å². The number of nitrogens with one attached hydrogen (secondary N) is 1. The average Bonchev–Trinajstić information content (AvgIpc) is 2.70. The Labute approximate surface area is 133 Å². The predicted molar refractivity (Wildman–Crippen MR) is 85.8 cm³/mol. The zero-order chi connectivity index (χ0) is 15.7. The van der Waals surface area contributed by atoms with Crippen LogP contribution in [0.4, 0.5) is 0 Å². The first-order valence-corrected chi connectivity index (χ1v) is 9.05. The highest BCUT2D eigenvalue weighted by Crippen LogP contribution is 2.64. The van der Waals surface area contributed by atoms with Crippen molar-refractivity contribution in [1.29, 1.82) is 0 Å². The van der Waals surface area contributed by atoms with Crippen molar-refractivity contribution in [3.63, 3.8) is 0 Å². The van der Waals surface area contributed by atoms with Crippen LogP contribution in [0, 0.1) is 34.5 Å². The van der Waals surface area contributed by atoms with E-state index in [2.05, 4.69) is 32.2 Å². The second-order valence-corrected chi connectivity index (χ2v) is 8.89. The largest absolute Gasteiger partial charge is 0.393 e. The van der Waals surface area contributed by atoms with E-state index < -0.39 is 0 Å². The van der Waals surface area contributed by atoms with E-state index in [1.807, 2.05) is 0 Å². The van der Waals surface area contributed by atoms with E-state index in [1.54, 1.807) is 0 Å². The van der Waals surface area contributed by atoms with Crippen LogP contribution in [-0.4, -0.2) is 17.1 Å². The van der Waals surface area contributed by atoms with Crippen molar-refractivity contribution in [2.24, 2.45) is 34.5 Å². The number of piperidine rings is 1. The molecule has 22 heavy (non-hydrogen) atoms. The Balaban J connectivity index is 1.72. The molecule has 1 amide bonds. The fraction of sp³-hybridized carbons (Fsp3) is 0.842. The molecular formula is C19H29NO2. The van der Waals surface area contributed by atoms with Crippen LogP contribution in [-0.2, 0) is 4.79 Å². The number of aliphatic hydroxyl groups is 1.